The maximum Gasteiger partial charge on any atom is 0.410 e. The predicted molar refractivity (Wildman–Crippen MR) is 94.5 cm³/mol. The van der Waals surface area contributed by atoms with Crippen molar-refractivity contribution in [2.24, 2.45) is 0 Å². The van der Waals surface area contributed by atoms with E-state index >= 15 is 0 Å². The number of piperidine rings is 1. The van der Waals surface area contributed by atoms with Gasteiger partial charge in [0.1, 0.15) is 11.4 Å². The van der Waals surface area contributed by atoms with Crippen LogP contribution in [0.3, 0.4) is 0 Å². The van der Waals surface area contributed by atoms with Gasteiger partial charge in [-0.2, -0.15) is 18.3 Å². The first-order chi connectivity index (χ1) is 12.9. The van der Waals surface area contributed by atoms with E-state index in [4.69, 9.17) is 0 Å². The van der Waals surface area contributed by atoms with Crippen molar-refractivity contribution in [3.05, 3.63) is 47.7 Å². The van der Waals surface area contributed by atoms with Crippen molar-refractivity contribution < 1.29 is 18.0 Å². The number of hydrogen-bond donors (Lipinski definition) is 1. The number of fused-ring (bicyclic) bond motifs is 1. The number of anilines is 1. The molecular weight excluding hydrogens is 357 g/mol. The zero-order chi connectivity index (χ0) is 19.0. The quantitative estimate of drug-likeness (QED) is 0.853. The van der Waals surface area contributed by atoms with Gasteiger partial charge in [-0.25, -0.2) is 4.68 Å². The minimum Gasteiger partial charge on any atom is -0.363 e. The van der Waals surface area contributed by atoms with E-state index in [1.165, 1.54) is 6.20 Å². The van der Waals surface area contributed by atoms with E-state index in [9.17, 15) is 18.0 Å². The Balaban J connectivity index is 1.71. The molecule has 1 amide bonds. The lowest BCUT2D eigenvalue weighted by Gasteiger charge is -2.34. The lowest BCUT2D eigenvalue weighted by Crippen LogP contribution is -2.38. The maximum absolute atomic E-state index is 13.7. The molecule has 3 heterocycles. The first-order valence-electron chi connectivity index (χ1n) is 9.20. The number of benzene rings is 1. The average Bonchev–Trinajstić information content (AvgIpc) is 3.11. The summed E-state index contributed by atoms with van der Waals surface area (Å²) >= 11 is 0. The Morgan fingerprint density at radius 1 is 1.11 bits per heavy atom. The van der Waals surface area contributed by atoms with Crippen LogP contribution in [0.4, 0.5) is 19.0 Å². The number of likely N-dealkylation sites (tertiary alicyclic amines) is 1. The Bertz CT molecular complexity index is 812. The summed E-state index contributed by atoms with van der Waals surface area (Å²) in [6.45, 7) is 1.27. The fourth-order valence-electron chi connectivity index (χ4n) is 3.89. The number of hydrogen-bond acceptors (Lipinski definition) is 3. The van der Waals surface area contributed by atoms with E-state index in [0.717, 1.165) is 29.5 Å². The lowest BCUT2D eigenvalue weighted by atomic mass is 9.96. The van der Waals surface area contributed by atoms with Gasteiger partial charge in [0.05, 0.1) is 12.2 Å². The van der Waals surface area contributed by atoms with Gasteiger partial charge in [0.15, 0.2) is 6.04 Å². The molecule has 5 nitrogen and oxygen atoms in total. The molecule has 144 valence electrons. The molecule has 0 unspecified atom stereocenters. The Hall–Kier alpha value is -2.51. The minimum atomic E-state index is -4.44. The minimum absolute atomic E-state index is 0.160. The zero-order valence-electron chi connectivity index (χ0n) is 14.7. The molecule has 2 aromatic rings. The summed E-state index contributed by atoms with van der Waals surface area (Å²) in [4.78, 5) is 14.6. The lowest BCUT2D eigenvalue weighted by molar-refractivity contribution is -0.173. The average molecular weight is 378 g/mol. The van der Waals surface area contributed by atoms with Crippen LogP contribution in [-0.4, -0.2) is 39.9 Å². The van der Waals surface area contributed by atoms with Gasteiger partial charge in [-0.15, -0.1) is 0 Å². The topological polar surface area (TPSA) is 50.2 Å². The molecule has 2 aliphatic rings. The molecular formula is C19H21F3N4O. The van der Waals surface area contributed by atoms with Gasteiger partial charge in [0.2, 0.25) is 0 Å². The van der Waals surface area contributed by atoms with Gasteiger partial charge in [0.25, 0.3) is 5.91 Å². The van der Waals surface area contributed by atoms with Crippen molar-refractivity contribution in [1.29, 1.82) is 0 Å². The van der Waals surface area contributed by atoms with Gasteiger partial charge in [0, 0.05) is 19.5 Å². The molecule has 0 radical (unpaired) electrons. The number of nitrogens with zero attached hydrogens (tertiary/aromatic N) is 3. The summed E-state index contributed by atoms with van der Waals surface area (Å²) in [6, 6.07) is 6.71. The number of alkyl halides is 3. The second-order valence-electron chi connectivity index (χ2n) is 7.11. The highest BCUT2D eigenvalue weighted by molar-refractivity contribution is 5.99. The Labute approximate surface area is 155 Å². The highest BCUT2D eigenvalue weighted by Gasteiger charge is 2.47. The summed E-state index contributed by atoms with van der Waals surface area (Å²) in [5.41, 5.74) is 0.974. The summed E-state index contributed by atoms with van der Waals surface area (Å²) in [5.74, 6) is -0.0916. The normalized spacial score (nSPS) is 22.9. The van der Waals surface area contributed by atoms with E-state index in [1.807, 2.05) is 6.07 Å². The van der Waals surface area contributed by atoms with E-state index in [0.29, 0.717) is 13.1 Å². The van der Waals surface area contributed by atoms with Crippen molar-refractivity contribution in [3.63, 3.8) is 0 Å². The Morgan fingerprint density at radius 2 is 1.81 bits per heavy atom. The molecule has 1 saturated heterocycles. The molecule has 1 N–H and O–H groups in total. The molecule has 1 aromatic carbocycles. The molecule has 0 spiro atoms. The van der Waals surface area contributed by atoms with Crippen LogP contribution in [0.1, 0.15) is 53.7 Å². The number of carbonyl (C=O) groups is 1. The third kappa shape index (κ3) is 3.40. The smallest absolute Gasteiger partial charge is 0.363 e. The van der Waals surface area contributed by atoms with Crippen LogP contribution < -0.4 is 5.32 Å². The predicted octanol–water partition coefficient (Wildman–Crippen LogP) is 4.17. The van der Waals surface area contributed by atoms with Crippen LogP contribution in [-0.2, 0) is 0 Å². The molecule has 0 bridgehead atoms. The summed E-state index contributed by atoms with van der Waals surface area (Å²) < 4.78 is 42.0. The van der Waals surface area contributed by atoms with E-state index in [-0.39, 0.29) is 23.7 Å². The molecule has 1 fully saturated rings. The van der Waals surface area contributed by atoms with Gasteiger partial charge < -0.3 is 10.2 Å². The molecule has 2 atom stereocenters. The van der Waals surface area contributed by atoms with Crippen molar-refractivity contribution in [2.45, 2.75) is 43.9 Å². The maximum atomic E-state index is 13.7. The van der Waals surface area contributed by atoms with Crippen LogP contribution in [0.25, 0.3) is 0 Å². The molecule has 27 heavy (non-hydrogen) atoms. The first kappa shape index (κ1) is 17.9. The molecule has 4 rings (SSSR count). The highest BCUT2D eigenvalue weighted by Crippen LogP contribution is 2.44. The van der Waals surface area contributed by atoms with Crippen LogP contribution in [0.5, 0.6) is 0 Å². The molecule has 1 aromatic heterocycles. The monoisotopic (exact) mass is 378 g/mol. The van der Waals surface area contributed by atoms with E-state index < -0.39 is 18.3 Å². The number of nitrogens with one attached hydrogen (secondary N) is 1. The number of halogens is 3. The van der Waals surface area contributed by atoms with Crippen LogP contribution in [0, 0.1) is 0 Å². The van der Waals surface area contributed by atoms with Gasteiger partial charge >= 0.3 is 6.18 Å². The van der Waals surface area contributed by atoms with Crippen molar-refractivity contribution >= 4 is 11.7 Å². The summed E-state index contributed by atoms with van der Waals surface area (Å²) in [5, 5.41) is 7.07. The fraction of sp³-hybridized carbons (Fsp3) is 0.474. The second-order valence-corrected chi connectivity index (χ2v) is 7.11. The number of rotatable bonds is 2. The van der Waals surface area contributed by atoms with Gasteiger partial charge in [-0.05, 0) is 24.8 Å². The third-order valence-corrected chi connectivity index (χ3v) is 5.31. The van der Waals surface area contributed by atoms with Crippen molar-refractivity contribution in [3.8, 4) is 0 Å². The molecule has 8 heteroatoms. The standard InChI is InChI=1S/C19H21F3N4O/c20-19(21,22)16-11-15(13-7-3-1-4-8-13)24-17-14(12-23-26(16)17)18(27)25-9-5-2-6-10-25/h1,3-4,7-8,12,15-16,24H,2,5-6,9-11H2/t15-,16+/m0/s1. The number of aromatic nitrogens is 2. The van der Waals surface area contributed by atoms with E-state index in [2.05, 4.69) is 10.4 Å². The summed E-state index contributed by atoms with van der Waals surface area (Å²) in [7, 11) is 0. The first-order valence-corrected chi connectivity index (χ1v) is 9.20. The van der Waals surface area contributed by atoms with Gasteiger partial charge in [-0.1, -0.05) is 30.3 Å². The largest absolute Gasteiger partial charge is 0.410 e. The summed E-state index contributed by atoms with van der Waals surface area (Å²) in [6.07, 6.45) is -0.437. The highest BCUT2D eigenvalue weighted by atomic mass is 19.4. The molecule has 2 aliphatic heterocycles. The van der Waals surface area contributed by atoms with Crippen LogP contribution >= 0.6 is 0 Å². The SMILES string of the molecule is O=C(c1cnn2c1N[C@H](c1ccccc1)C[C@@H]2C(F)(F)F)N1CCCCC1. The number of amides is 1. The van der Waals surface area contributed by atoms with Crippen LogP contribution in [0.2, 0.25) is 0 Å². The second kappa shape index (κ2) is 6.90. The zero-order valence-corrected chi connectivity index (χ0v) is 14.7. The number of carbonyl (C=O) groups excluding carboxylic acids is 1. The Morgan fingerprint density at radius 3 is 2.48 bits per heavy atom. The molecule has 0 saturated carbocycles. The van der Waals surface area contributed by atoms with Crippen LogP contribution in [0.15, 0.2) is 36.5 Å². The van der Waals surface area contributed by atoms with Crippen molar-refractivity contribution in [1.82, 2.24) is 14.7 Å². The fourth-order valence-corrected chi connectivity index (χ4v) is 3.89. The van der Waals surface area contributed by atoms with Crippen molar-refractivity contribution in [2.75, 3.05) is 18.4 Å². The Kier molecular flexibility index (Phi) is 4.57. The van der Waals surface area contributed by atoms with Gasteiger partial charge in [-0.3, -0.25) is 4.79 Å². The van der Waals surface area contributed by atoms with E-state index in [1.54, 1.807) is 29.2 Å². The third-order valence-electron chi connectivity index (χ3n) is 5.31. The molecule has 0 aliphatic carbocycles.